The molecule has 0 radical (unpaired) electrons. The van der Waals surface area contributed by atoms with Crippen LogP contribution in [0.4, 0.5) is 11.4 Å². The average Bonchev–Trinajstić information content (AvgIpc) is 3.38. The predicted molar refractivity (Wildman–Crippen MR) is 148 cm³/mol. The molecule has 192 valence electrons. The summed E-state index contributed by atoms with van der Waals surface area (Å²) in [6.45, 7) is 3.93. The second kappa shape index (κ2) is 8.98. The summed E-state index contributed by atoms with van der Waals surface area (Å²) in [7, 11) is 0. The van der Waals surface area contributed by atoms with Gasteiger partial charge in [-0.1, -0.05) is 6.92 Å². The fourth-order valence-electron chi connectivity index (χ4n) is 4.81. The minimum Gasteiger partial charge on any atom is -0.373 e. The maximum Gasteiger partial charge on any atom is 0.224 e. The third kappa shape index (κ3) is 4.13. The fraction of sp³-hybridized carbons (Fsp3) is 0.179. The van der Waals surface area contributed by atoms with Crippen LogP contribution in [0.25, 0.3) is 33.7 Å². The van der Waals surface area contributed by atoms with Gasteiger partial charge in [0.15, 0.2) is 5.65 Å². The Labute approximate surface area is 223 Å². The zero-order valence-corrected chi connectivity index (χ0v) is 21.3. The second-order valence-electron chi connectivity index (χ2n) is 9.57. The molecule has 0 aromatic carbocycles. The summed E-state index contributed by atoms with van der Waals surface area (Å²) in [5, 5.41) is 6.32. The number of pyridine rings is 3. The fourth-order valence-corrected chi connectivity index (χ4v) is 4.81. The summed E-state index contributed by atoms with van der Waals surface area (Å²) in [4.78, 5) is 43.1. The van der Waals surface area contributed by atoms with Crippen molar-refractivity contribution >= 4 is 40.2 Å². The maximum absolute atomic E-state index is 12.1. The topological polar surface area (TPSA) is 149 Å². The van der Waals surface area contributed by atoms with Gasteiger partial charge in [-0.05, 0) is 31.5 Å². The van der Waals surface area contributed by atoms with Crippen LogP contribution in [0.5, 0.6) is 0 Å². The van der Waals surface area contributed by atoms with Gasteiger partial charge in [0, 0.05) is 47.9 Å². The van der Waals surface area contributed by atoms with Gasteiger partial charge in [0.1, 0.15) is 17.4 Å². The van der Waals surface area contributed by atoms with Crippen LogP contribution in [-0.4, -0.2) is 52.6 Å². The smallest absolute Gasteiger partial charge is 0.224 e. The lowest BCUT2D eigenvalue weighted by molar-refractivity contribution is -0.116. The van der Waals surface area contributed by atoms with E-state index < -0.39 is 0 Å². The number of H-pyrrole nitrogens is 1. The lowest BCUT2D eigenvalue weighted by atomic mass is 10.0. The number of imidazole rings is 2. The largest absolute Gasteiger partial charge is 0.373 e. The van der Waals surface area contributed by atoms with E-state index in [1.807, 2.05) is 49.0 Å². The van der Waals surface area contributed by atoms with Crippen LogP contribution >= 0.6 is 0 Å². The highest BCUT2D eigenvalue weighted by Gasteiger charge is 2.36. The Bertz CT molecular complexity index is 1830. The van der Waals surface area contributed by atoms with E-state index in [1.165, 1.54) is 0 Å². The third-order valence-electron chi connectivity index (χ3n) is 6.71. The quantitative estimate of drug-likeness (QED) is 0.288. The van der Waals surface area contributed by atoms with Crippen molar-refractivity contribution in [3.05, 3.63) is 78.3 Å². The van der Waals surface area contributed by atoms with Gasteiger partial charge in [-0.15, -0.1) is 0 Å². The van der Waals surface area contributed by atoms with E-state index in [1.54, 1.807) is 31.1 Å². The highest BCUT2D eigenvalue weighted by molar-refractivity contribution is 5.98. The number of hydrogen-bond acceptors (Lipinski definition) is 8. The van der Waals surface area contributed by atoms with Crippen molar-refractivity contribution in [2.45, 2.75) is 32.7 Å². The molecular formula is C28H24N10O. The average molecular weight is 517 g/mol. The van der Waals surface area contributed by atoms with Crippen molar-refractivity contribution in [3.63, 3.8) is 0 Å². The molecule has 0 saturated carbocycles. The third-order valence-corrected chi connectivity index (χ3v) is 6.71. The number of carbonyl (C=O) groups is 1. The molecule has 11 nitrogen and oxygen atoms in total. The summed E-state index contributed by atoms with van der Waals surface area (Å²) >= 11 is 0. The molecule has 39 heavy (non-hydrogen) atoms. The van der Waals surface area contributed by atoms with E-state index >= 15 is 0 Å². The van der Waals surface area contributed by atoms with Crippen molar-refractivity contribution in [1.29, 1.82) is 0 Å². The number of hydrogen-bond donors (Lipinski definition) is 3. The Hall–Kier alpha value is -5.19. The van der Waals surface area contributed by atoms with Gasteiger partial charge < -0.3 is 20.2 Å². The lowest BCUT2D eigenvalue weighted by Crippen LogP contribution is -2.10. The molecule has 1 unspecified atom stereocenters. The number of aromatic amines is 1. The number of fused-ring (bicyclic) bond motifs is 3. The Morgan fingerprint density at radius 3 is 2.92 bits per heavy atom. The molecule has 1 fully saturated rings. The number of aryl methyl sites for hydroxylation is 1. The summed E-state index contributed by atoms with van der Waals surface area (Å²) in [5.74, 6) is 0.650. The number of aromatic nitrogens is 7. The van der Waals surface area contributed by atoms with Crippen LogP contribution in [0.3, 0.4) is 0 Å². The summed E-state index contributed by atoms with van der Waals surface area (Å²) in [6, 6.07) is 5.84. The first-order chi connectivity index (χ1) is 19.1. The Morgan fingerprint density at radius 2 is 2.08 bits per heavy atom. The standard InChI is InChI=1S/C28H24N10O/c1-3-4-23(39)34-17-7-16(9-29-10-17)19-8-18-20(11-31-19)32-12-21-25(35-21)24(18)27-36-26-22(5-6-30-28(26)37-27)38-13-15(2)33-14-38/h5-14,21,35H,3-4H2,1-2H3,(H,34,39)(H,30,36,37). The number of rotatable bonds is 6. The second-order valence-corrected chi connectivity index (χ2v) is 9.57. The van der Waals surface area contributed by atoms with Crippen LogP contribution in [0, 0.1) is 6.92 Å². The Balaban J connectivity index is 1.32. The summed E-state index contributed by atoms with van der Waals surface area (Å²) in [6.07, 6.45) is 13.7. The first kappa shape index (κ1) is 23.0. The number of nitrogens with zero attached hydrogens (tertiary/aromatic N) is 7. The van der Waals surface area contributed by atoms with E-state index in [4.69, 9.17) is 4.98 Å². The van der Waals surface area contributed by atoms with Gasteiger partial charge in [0.05, 0.1) is 52.9 Å². The van der Waals surface area contributed by atoms with Gasteiger partial charge >= 0.3 is 0 Å². The molecule has 5 aromatic heterocycles. The molecule has 7 rings (SSSR count). The molecule has 2 aliphatic heterocycles. The number of carbonyl (C=O) groups excluding carboxylic acids is 1. The molecule has 7 heterocycles. The van der Waals surface area contributed by atoms with Gasteiger partial charge in [0.25, 0.3) is 0 Å². The SMILES string of the molecule is CCCC(=O)Nc1cncc(-c2cc3c(cn2)N=CC2NC2=C3c2nc3nccc(-n4cnc(C)c4)c3[nH]2)c1. The van der Waals surface area contributed by atoms with Crippen LogP contribution in [-0.2, 0) is 4.79 Å². The minimum atomic E-state index is -0.0396. The number of aliphatic imine (C=N–C) groups is 1. The van der Waals surface area contributed by atoms with Crippen LogP contribution < -0.4 is 10.6 Å². The summed E-state index contributed by atoms with van der Waals surface area (Å²) < 4.78 is 1.96. The monoisotopic (exact) mass is 516 g/mol. The lowest BCUT2D eigenvalue weighted by Gasteiger charge is -2.11. The van der Waals surface area contributed by atoms with Gasteiger partial charge in [-0.25, -0.2) is 15.0 Å². The molecule has 0 bridgehead atoms. The Morgan fingerprint density at radius 1 is 1.15 bits per heavy atom. The molecule has 0 aliphatic carbocycles. The molecule has 1 amide bonds. The zero-order valence-electron chi connectivity index (χ0n) is 21.3. The van der Waals surface area contributed by atoms with E-state index in [-0.39, 0.29) is 11.9 Å². The maximum atomic E-state index is 12.1. The van der Waals surface area contributed by atoms with Crippen LogP contribution in [0.15, 0.2) is 66.2 Å². The number of nitrogens with one attached hydrogen (secondary N) is 3. The van der Waals surface area contributed by atoms with E-state index in [2.05, 4.69) is 40.5 Å². The Kier molecular flexibility index (Phi) is 5.29. The van der Waals surface area contributed by atoms with Crippen molar-refractivity contribution in [2.24, 2.45) is 4.99 Å². The number of amides is 1. The van der Waals surface area contributed by atoms with Crippen LogP contribution in [0.2, 0.25) is 0 Å². The highest BCUT2D eigenvalue weighted by Crippen LogP contribution is 2.41. The van der Waals surface area contributed by atoms with Crippen molar-refractivity contribution in [3.8, 4) is 16.9 Å². The molecular weight excluding hydrogens is 492 g/mol. The van der Waals surface area contributed by atoms with Crippen LogP contribution in [0.1, 0.15) is 36.8 Å². The predicted octanol–water partition coefficient (Wildman–Crippen LogP) is 4.09. The van der Waals surface area contributed by atoms with E-state index in [0.29, 0.717) is 29.3 Å². The normalized spacial score (nSPS) is 15.5. The van der Waals surface area contributed by atoms with E-state index in [0.717, 1.165) is 51.4 Å². The van der Waals surface area contributed by atoms with Gasteiger partial charge in [-0.3, -0.25) is 19.8 Å². The molecule has 5 aromatic rings. The molecule has 3 N–H and O–H groups in total. The molecule has 11 heteroatoms. The highest BCUT2D eigenvalue weighted by atomic mass is 16.1. The van der Waals surface area contributed by atoms with Crippen molar-refractivity contribution in [2.75, 3.05) is 5.32 Å². The van der Waals surface area contributed by atoms with Gasteiger partial charge in [0.2, 0.25) is 5.91 Å². The first-order valence-electron chi connectivity index (χ1n) is 12.7. The molecule has 1 atom stereocenters. The molecule has 1 saturated heterocycles. The molecule has 2 aliphatic rings. The summed E-state index contributed by atoms with van der Waals surface area (Å²) in [5.41, 5.74) is 8.98. The number of anilines is 1. The van der Waals surface area contributed by atoms with Gasteiger partial charge in [-0.2, -0.15) is 0 Å². The molecule has 0 spiro atoms. The van der Waals surface area contributed by atoms with Crippen molar-refractivity contribution < 1.29 is 4.79 Å². The van der Waals surface area contributed by atoms with E-state index in [9.17, 15) is 4.79 Å². The minimum absolute atomic E-state index is 0.0339. The van der Waals surface area contributed by atoms with Crippen molar-refractivity contribution in [1.82, 2.24) is 39.8 Å². The zero-order chi connectivity index (χ0) is 26.5. The first-order valence-corrected chi connectivity index (χ1v) is 12.7.